The number of rotatable bonds is 2. The van der Waals surface area contributed by atoms with Crippen molar-refractivity contribution in [1.82, 2.24) is 14.8 Å². The van der Waals surface area contributed by atoms with Gasteiger partial charge in [0.25, 0.3) is 5.56 Å². The lowest BCUT2D eigenvalue weighted by Gasteiger charge is -2.02. The van der Waals surface area contributed by atoms with Crippen molar-refractivity contribution in [2.24, 2.45) is 0 Å². The van der Waals surface area contributed by atoms with Crippen LogP contribution in [0, 0.1) is 0 Å². The van der Waals surface area contributed by atoms with E-state index >= 15 is 0 Å². The Morgan fingerprint density at radius 2 is 1.65 bits per heavy atom. The minimum Gasteiger partial charge on any atom is -0.274 e. The van der Waals surface area contributed by atoms with Crippen LogP contribution in [0.1, 0.15) is 0 Å². The van der Waals surface area contributed by atoms with E-state index in [0.717, 1.165) is 16.9 Å². The summed E-state index contributed by atoms with van der Waals surface area (Å²) in [6.45, 7) is 0. The van der Waals surface area contributed by atoms with Crippen molar-refractivity contribution in [1.29, 1.82) is 0 Å². The van der Waals surface area contributed by atoms with Crippen LogP contribution in [0.4, 0.5) is 0 Å². The zero-order valence-electron chi connectivity index (χ0n) is 12.0. The zero-order valence-corrected chi connectivity index (χ0v) is 12.8. The highest BCUT2D eigenvalue weighted by Gasteiger charge is 2.11. The van der Waals surface area contributed by atoms with Crippen molar-refractivity contribution in [3.63, 3.8) is 0 Å². The fourth-order valence-electron chi connectivity index (χ4n) is 2.57. The molecule has 4 aromatic rings. The van der Waals surface area contributed by atoms with Gasteiger partial charge in [-0.1, -0.05) is 48.0 Å². The fourth-order valence-corrected chi connectivity index (χ4v) is 2.80. The summed E-state index contributed by atoms with van der Waals surface area (Å²) < 4.78 is 1.49. The van der Waals surface area contributed by atoms with Crippen LogP contribution in [0.25, 0.3) is 28.0 Å². The van der Waals surface area contributed by atoms with Gasteiger partial charge in [0, 0.05) is 10.6 Å². The molecule has 0 saturated carbocycles. The molecule has 0 atom stereocenters. The standard InChI is InChI=1S/C18H12ClN3O/c19-15-9-5-4-8-13(15)16-11-10-14-17(20-16)21-22(18(14)23)12-6-2-1-3-7-12/h1-11H,(H,20,21). The number of H-pyrrole nitrogens is 1. The lowest BCUT2D eigenvalue weighted by atomic mass is 10.1. The van der Waals surface area contributed by atoms with E-state index in [-0.39, 0.29) is 5.56 Å². The number of hydrogen-bond acceptors (Lipinski definition) is 2. The van der Waals surface area contributed by atoms with Gasteiger partial charge < -0.3 is 0 Å². The molecule has 0 saturated heterocycles. The summed E-state index contributed by atoms with van der Waals surface area (Å²) in [4.78, 5) is 17.1. The number of hydrogen-bond donors (Lipinski definition) is 1. The number of halogens is 1. The zero-order chi connectivity index (χ0) is 15.8. The fraction of sp³-hybridized carbons (Fsp3) is 0. The molecule has 2 aromatic carbocycles. The van der Waals surface area contributed by atoms with E-state index in [1.54, 1.807) is 6.07 Å². The Bertz CT molecular complexity index is 1050. The maximum absolute atomic E-state index is 12.5. The van der Waals surface area contributed by atoms with E-state index in [2.05, 4.69) is 10.1 Å². The Labute approximate surface area is 137 Å². The molecule has 0 radical (unpaired) electrons. The molecule has 2 aromatic heterocycles. The summed E-state index contributed by atoms with van der Waals surface area (Å²) in [6.07, 6.45) is 0. The first kappa shape index (κ1) is 13.8. The number of nitrogens with one attached hydrogen (secondary N) is 1. The third kappa shape index (κ3) is 2.33. The summed E-state index contributed by atoms with van der Waals surface area (Å²) in [5.74, 6) is 0. The minimum atomic E-state index is -0.121. The maximum Gasteiger partial charge on any atom is 0.280 e. The lowest BCUT2D eigenvalue weighted by Crippen LogP contribution is -2.13. The van der Waals surface area contributed by atoms with E-state index < -0.39 is 0 Å². The van der Waals surface area contributed by atoms with Gasteiger partial charge in [0.15, 0.2) is 5.65 Å². The second-order valence-electron chi connectivity index (χ2n) is 5.16. The Morgan fingerprint density at radius 3 is 2.43 bits per heavy atom. The van der Waals surface area contributed by atoms with E-state index in [0.29, 0.717) is 16.1 Å². The van der Waals surface area contributed by atoms with E-state index in [4.69, 9.17) is 11.6 Å². The highest BCUT2D eigenvalue weighted by Crippen LogP contribution is 2.26. The van der Waals surface area contributed by atoms with Gasteiger partial charge >= 0.3 is 0 Å². The average molecular weight is 322 g/mol. The number of aromatic amines is 1. The third-order valence-corrected chi connectivity index (χ3v) is 4.04. The van der Waals surface area contributed by atoms with Gasteiger partial charge in [0.05, 0.1) is 16.8 Å². The van der Waals surface area contributed by atoms with Crippen molar-refractivity contribution in [3.05, 3.63) is 82.1 Å². The molecule has 1 N–H and O–H groups in total. The van der Waals surface area contributed by atoms with E-state index in [1.807, 2.05) is 60.7 Å². The predicted octanol–water partition coefficient (Wildman–Crippen LogP) is 4.03. The largest absolute Gasteiger partial charge is 0.280 e. The Hall–Kier alpha value is -2.85. The number of pyridine rings is 1. The Balaban J connectivity index is 1.91. The molecular weight excluding hydrogens is 310 g/mol. The van der Waals surface area contributed by atoms with Gasteiger partial charge in [-0.05, 0) is 30.3 Å². The number of benzene rings is 2. The van der Waals surface area contributed by atoms with Crippen LogP contribution >= 0.6 is 11.6 Å². The van der Waals surface area contributed by atoms with Crippen molar-refractivity contribution < 1.29 is 0 Å². The van der Waals surface area contributed by atoms with Crippen molar-refractivity contribution >= 4 is 22.6 Å². The molecule has 4 nitrogen and oxygen atoms in total. The summed E-state index contributed by atoms with van der Waals surface area (Å²) in [5.41, 5.74) is 2.75. The second kappa shape index (κ2) is 5.41. The van der Waals surface area contributed by atoms with Crippen molar-refractivity contribution in [2.75, 3.05) is 0 Å². The Kier molecular flexibility index (Phi) is 3.24. The van der Waals surface area contributed by atoms with Gasteiger partial charge in [0.1, 0.15) is 0 Å². The molecule has 0 fully saturated rings. The quantitative estimate of drug-likeness (QED) is 0.606. The molecule has 112 valence electrons. The van der Waals surface area contributed by atoms with Crippen LogP contribution in [0.3, 0.4) is 0 Å². The normalized spacial score (nSPS) is 11.0. The second-order valence-corrected chi connectivity index (χ2v) is 5.57. The number of aromatic nitrogens is 3. The van der Waals surface area contributed by atoms with E-state index in [9.17, 15) is 4.79 Å². The van der Waals surface area contributed by atoms with Gasteiger partial charge in [-0.25, -0.2) is 9.67 Å². The van der Waals surface area contributed by atoms with Crippen LogP contribution in [-0.4, -0.2) is 14.8 Å². The molecule has 23 heavy (non-hydrogen) atoms. The van der Waals surface area contributed by atoms with Crippen molar-refractivity contribution in [3.8, 4) is 16.9 Å². The molecule has 0 aliphatic rings. The molecule has 2 heterocycles. The van der Waals surface area contributed by atoms with Crippen LogP contribution in [0.5, 0.6) is 0 Å². The third-order valence-electron chi connectivity index (χ3n) is 3.71. The molecule has 0 bridgehead atoms. The van der Waals surface area contributed by atoms with Crippen LogP contribution in [-0.2, 0) is 0 Å². The van der Waals surface area contributed by atoms with Crippen molar-refractivity contribution in [2.45, 2.75) is 0 Å². The molecule has 0 amide bonds. The lowest BCUT2D eigenvalue weighted by molar-refractivity contribution is 0.859. The first-order valence-corrected chi connectivity index (χ1v) is 7.54. The van der Waals surface area contributed by atoms with Crippen LogP contribution in [0.15, 0.2) is 71.5 Å². The highest BCUT2D eigenvalue weighted by atomic mass is 35.5. The maximum atomic E-state index is 12.5. The number of nitrogens with zero attached hydrogens (tertiary/aromatic N) is 2. The predicted molar refractivity (Wildman–Crippen MR) is 92.1 cm³/mol. The molecule has 4 rings (SSSR count). The van der Waals surface area contributed by atoms with E-state index in [1.165, 1.54) is 4.68 Å². The summed E-state index contributed by atoms with van der Waals surface area (Å²) in [6, 6.07) is 20.5. The minimum absolute atomic E-state index is 0.121. The number of fused-ring (bicyclic) bond motifs is 1. The topological polar surface area (TPSA) is 50.7 Å². The monoisotopic (exact) mass is 321 g/mol. The van der Waals surface area contributed by atoms with Crippen LogP contribution < -0.4 is 5.56 Å². The SMILES string of the molecule is O=c1c2ccc(-c3ccccc3Cl)nc2[nH]n1-c1ccccc1. The summed E-state index contributed by atoms with van der Waals surface area (Å²) >= 11 is 6.23. The summed E-state index contributed by atoms with van der Waals surface area (Å²) in [7, 11) is 0. The Morgan fingerprint density at radius 1 is 0.913 bits per heavy atom. The molecule has 0 aliphatic heterocycles. The first-order chi connectivity index (χ1) is 11.2. The smallest absolute Gasteiger partial charge is 0.274 e. The molecule has 0 unspecified atom stereocenters. The average Bonchev–Trinajstić information content (AvgIpc) is 2.92. The molecular formula is C18H12ClN3O. The summed E-state index contributed by atoms with van der Waals surface area (Å²) in [5, 5.41) is 4.23. The van der Waals surface area contributed by atoms with Gasteiger partial charge in [-0.2, -0.15) is 0 Å². The van der Waals surface area contributed by atoms with Crippen LogP contribution in [0.2, 0.25) is 5.02 Å². The first-order valence-electron chi connectivity index (χ1n) is 7.16. The van der Waals surface area contributed by atoms with Gasteiger partial charge in [-0.3, -0.25) is 9.89 Å². The highest BCUT2D eigenvalue weighted by molar-refractivity contribution is 6.33. The molecule has 0 aliphatic carbocycles. The molecule has 5 heteroatoms. The van der Waals surface area contributed by atoms with Gasteiger partial charge in [0.2, 0.25) is 0 Å². The molecule has 0 spiro atoms. The number of para-hydroxylation sites is 1. The van der Waals surface area contributed by atoms with Gasteiger partial charge in [-0.15, -0.1) is 0 Å².